The number of rotatable bonds is 6. The van der Waals surface area contributed by atoms with Gasteiger partial charge in [-0.2, -0.15) is 3.97 Å². The minimum absolute atomic E-state index is 0.00367. The summed E-state index contributed by atoms with van der Waals surface area (Å²) in [6.45, 7) is -0.0563. The molecule has 0 spiro atoms. The lowest BCUT2D eigenvalue weighted by Crippen LogP contribution is -2.34. The predicted molar refractivity (Wildman–Crippen MR) is 111 cm³/mol. The molecule has 30 heavy (non-hydrogen) atoms. The normalized spacial score (nSPS) is 11.5. The highest BCUT2D eigenvalue weighted by Gasteiger charge is 2.25. The fraction of sp³-hybridized carbons (Fsp3) is 0.0952. The van der Waals surface area contributed by atoms with Crippen LogP contribution in [0.2, 0.25) is 0 Å². The van der Waals surface area contributed by atoms with E-state index in [9.17, 15) is 18.0 Å². The van der Waals surface area contributed by atoms with Gasteiger partial charge in [0, 0.05) is 18.9 Å². The molecule has 0 radical (unpaired) electrons. The standard InChI is InChI=1S/C21H18N4O4S/c26-20(23-14-16-7-6-12-22-13-16)15-24-18-10-4-5-11-19(18)25(21(24)27)30(28,29)17-8-2-1-3-9-17/h1-13H,14-15H2,(H,23,26). The lowest BCUT2D eigenvalue weighted by Gasteiger charge is -2.06. The van der Waals surface area contributed by atoms with Crippen molar-refractivity contribution in [2.24, 2.45) is 0 Å². The van der Waals surface area contributed by atoms with Gasteiger partial charge < -0.3 is 5.32 Å². The van der Waals surface area contributed by atoms with Gasteiger partial charge in [-0.1, -0.05) is 36.4 Å². The van der Waals surface area contributed by atoms with E-state index in [1.807, 2.05) is 6.07 Å². The molecule has 0 unspecified atom stereocenters. The molecule has 9 heteroatoms. The van der Waals surface area contributed by atoms with Gasteiger partial charge in [0.2, 0.25) is 5.91 Å². The molecule has 0 saturated carbocycles. The number of benzene rings is 2. The molecule has 152 valence electrons. The Morgan fingerprint density at radius 2 is 1.63 bits per heavy atom. The molecule has 2 heterocycles. The third-order valence-electron chi connectivity index (χ3n) is 4.59. The number of hydrogen-bond donors (Lipinski definition) is 1. The molecule has 4 rings (SSSR count). The topological polar surface area (TPSA) is 103 Å². The van der Waals surface area contributed by atoms with E-state index in [4.69, 9.17) is 0 Å². The Labute approximate surface area is 172 Å². The molecule has 1 amide bonds. The molecular formula is C21H18N4O4S. The smallest absolute Gasteiger partial charge is 0.343 e. The molecule has 8 nitrogen and oxygen atoms in total. The summed E-state index contributed by atoms with van der Waals surface area (Å²) in [5.41, 5.74) is 0.591. The van der Waals surface area contributed by atoms with Crippen LogP contribution in [-0.2, 0) is 27.9 Å². The number of carbonyl (C=O) groups is 1. The Morgan fingerprint density at radius 3 is 2.33 bits per heavy atom. The molecule has 0 aliphatic rings. The molecule has 1 N–H and O–H groups in total. The van der Waals surface area contributed by atoms with Crippen molar-refractivity contribution in [2.45, 2.75) is 18.0 Å². The molecule has 0 saturated heterocycles. The molecule has 2 aromatic heterocycles. The van der Waals surface area contributed by atoms with Crippen LogP contribution in [0.4, 0.5) is 0 Å². The van der Waals surface area contributed by atoms with E-state index in [0.29, 0.717) is 5.52 Å². The quantitative estimate of drug-likeness (QED) is 0.510. The van der Waals surface area contributed by atoms with E-state index in [2.05, 4.69) is 10.3 Å². The molecule has 4 aromatic rings. The monoisotopic (exact) mass is 422 g/mol. The molecule has 2 aromatic carbocycles. The lowest BCUT2D eigenvalue weighted by molar-refractivity contribution is -0.121. The third-order valence-corrected chi connectivity index (χ3v) is 6.29. The minimum atomic E-state index is -4.12. The van der Waals surface area contributed by atoms with Crippen LogP contribution in [0.3, 0.4) is 0 Å². The highest BCUT2D eigenvalue weighted by molar-refractivity contribution is 7.90. The van der Waals surface area contributed by atoms with E-state index in [1.54, 1.807) is 60.9 Å². The first kappa shape index (κ1) is 19.6. The van der Waals surface area contributed by atoms with Gasteiger partial charge in [-0.25, -0.2) is 13.2 Å². The molecule has 0 aliphatic carbocycles. The lowest BCUT2D eigenvalue weighted by atomic mass is 10.3. The van der Waals surface area contributed by atoms with Crippen molar-refractivity contribution in [2.75, 3.05) is 0 Å². The zero-order valence-electron chi connectivity index (χ0n) is 15.8. The third kappa shape index (κ3) is 3.62. The molecule has 0 bridgehead atoms. The fourth-order valence-corrected chi connectivity index (χ4v) is 4.60. The van der Waals surface area contributed by atoms with Gasteiger partial charge in [-0.15, -0.1) is 0 Å². The van der Waals surface area contributed by atoms with Crippen LogP contribution in [0.15, 0.2) is 88.8 Å². The SMILES string of the molecule is O=C(Cn1c(=O)n(S(=O)(=O)c2ccccc2)c2ccccc21)NCc1cccnc1. The largest absolute Gasteiger partial charge is 0.350 e. The zero-order chi connectivity index (χ0) is 21.1. The minimum Gasteiger partial charge on any atom is -0.350 e. The first-order valence-electron chi connectivity index (χ1n) is 9.15. The average Bonchev–Trinajstić information content (AvgIpc) is 3.05. The van der Waals surface area contributed by atoms with Crippen molar-refractivity contribution in [3.8, 4) is 0 Å². The maximum absolute atomic E-state index is 13.1. The van der Waals surface area contributed by atoms with Crippen molar-refractivity contribution >= 4 is 27.0 Å². The number of hydrogen-bond acceptors (Lipinski definition) is 5. The maximum atomic E-state index is 13.1. The van der Waals surface area contributed by atoms with E-state index in [1.165, 1.54) is 12.1 Å². The van der Waals surface area contributed by atoms with Crippen LogP contribution in [0, 0.1) is 0 Å². The van der Waals surface area contributed by atoms with Crippen molar-refractivity contribution in [3.63, 3.8) is 0 Å². The van der Waals surface area contributed by atoms with Gasteiger partial charge in [0.25, 0.3) is 10.0 Å². The first-order valence-corrected chi connectivity index (χ1v) is 10.6. The van der Waals surface area contributed by atoms with Crippen molar-refractivity contribution in [1.82, 2.24) is 18.8 Å². The average molecular weight is 422 g/mol. The van der Waals surface area contributed by atoms with Crippen LogP contribution < -0.4 is 11.0 Å². The van der Waals surface area contributed by atoms with Crippen molar-refractivity contribution in [1.29, 1.82) is 0 Å². The molecule has 0 fully saturated rings. The van der Waals surface area contributed by atoms with Crippen LogP contribution in [0.5, 0.6) is 0 Å². The first-order chi connectivity index (χ1) is 14.5. The summed E-state index contributed by atoms with van der Waals surface area (Å²) in [5.74, 6) is -0.416. The molecular weight excluding hydrogens is 404 g/mol. The fourth-order valence-electron chi connectivity index (χ4n) is 3.17. The highest BCUT2D eigenvalue weighted by atomic mass is 32.2. The number of aromatic nitrogens is 3. The van der Waals surface area contributed by atoms with Gasteiger partial charge >= 0.3 is 5.69 Å². The Bertz CT molecular complexity index is 1360. The number of nitrogens with one attached hydrogen (secondary N) is 1. The number of pyridine rings is 1. The van der Waals surface area contributed by atoms with Crippen LogP contribution in [0.25, 0.3) is 11.0 Å². The summed E-state index contributed by atoms with van der Waals surface area (Å²) >= 11 is 0. The number of para-hydroxylation sites is 2. The number of fused-ring (bicyclic) bond motifs is 1. The predicted octanol–water partition coefficient (Wildman–Crippen LogP) is 1.75. The Kier molecular flexibility index (Phi) is 5.20. The van der Waals surface area contributed by atoms with Gasteiger partial charge in [0.05, 0.1) is 15.9 Å². The second kappa shape index (κ2) is 7.96. The highest BCUT2D eigenvalue weighted by Crippen LogP contribution is 2.19. The van der Waals surface area contributed by atoms with E-state index < -0.39 is 21.6 Å². The number of carbonyl (C=O) groups excluding carboxylic acids is 1. The Balaban J connectivity index is 1.71. The summed E-state index contributed by atoms with van der Waals surface area (Å²) in [6, 6.07) is 17.8. The Morgan fingerprint density at radius 1 is 0.933 bits per heavy atom. The second-order valence-corrected chi connectivity index (χ2v) is 8.36. The van der Waals surface area contributed by atoms with E-state index >= 15 is 0 Å². The maximum Gasteiger partial charge on any atom is 0.343 e. The van der Waals surface area contributed by atoms with Crippen LogP contribution >= 0.6 is 0 Å². The second-order valence-electron chi connectivity index (χ2n) is 6.58. The van der Waals surface area contributed by atoms with Crippen LogP contribution in [0.1, 0.15) is 5.56 Å². The molecule has 0 aliphatic heterocycles. The van der Waals surface area contributed by atoms with Gasteiger partial charge in [-0.05, 0) is 35.9 Å². The van der Waals surface area contributed by atoms with Crippen LogP contribution in [-0.4, -0.2) is 27.8 Å². The zero-order valence-corrected chi connectivity index (χ0v) is 16.6. The summed E-state index contributed by atoms with van der Waals surface area (Å²) in [7, 11) is -4.12. The number of amides is 1. The summed E-state index contributed by atoms with van der Waals surface area (Å²) < 4.78 is 28.1. The Hall–Kier alpha value is -3.72. The van der Waals surface area contributed by atoms with Gasteiger partial charge in [0.15, 0.2) is 0 Å². The van der Waals surface area contributed by atoms with Gasteiger partial charge in [0.1, 0.15) is 6.54 Å². The number of imidazole rings is 1. The number of nitrogens with zero attached hydrogens (tertiary/aromatic N) is 3. The summed E-state index contributed by atoms with van der Waals surface area (Å²) in [6.07, 6.45) is 3.26. The molecule has 0 atom stereocenters. The summed E-state index contributed by atoms with van der Waals surface area (Å²) in [4.78, 5) is 29.5. The van der Waals surface area contributed by atoms with Gasteiger partial charge in [-0.3, -0.25) is 14.3 Å². The van der Waals surface area contributed by atoms with E-state index in [0.717, 1.165) is 14.1 Å². The van der Waals surface area contributed by atoms with E-state index in [-0.39, 0.29) is 23.5 Å². The van der Waals surface area contributed by atoms with Crippen molar-refractivity contribution < 1.29 is 13.2 Å². The van der Waals surface area contributed by atoms with Crippen molar-refractivity contribution in [3.05, 3.63) is 95.2 Å². The summed E-state index contributed by atoms with van der Waals surface area (Å²) in [5, 5.41) is 2.72.